The number of rotatable bonds is 3. The normalized spacial score (nSPS) is 16.4. The van der Waals surface area contributed by atoms with E-state index >= 15 is 0 Å². The Bertz CT molecular complexity index is 764. The van der Waals surface area contributed by atoms with E-state index in [9.17, 15) is 4.79 Å². The Balaban J connectivity index is 1.61. The molecule has 4 heteroatoms. The van der Waals surface area contributed by atoms with E-state index < -0.39 is 0 Å². The molecule has 2 aromatic rings. The van der Waals surface area contributed by atoms with Crippen LogP contribution in [0.25, 0.3) is 0 Å². The molecule has 0 radical (unpaired) electrons. The summed E-state index contributed by atoms with van der Waals surface area (Å²) in [4.78, 5) is 12.3. The van der Waals surface area contributed by atoms with Gasteiger partial charge in [-0.2, -0.15) is 0 Å². The Kier molecular flexibility index (Phi) is 5.71. The summed E-state index contributed by atoms with van der Waals surface area (Å²) in [7, 11) is 1.64. The molecule has 0 spiro atoms. The minimum Gasteiger partial charge on any atom is -0.497 e. The number of benzene rings is 2. The van der Waals surface area contributed by atoms with Crippen LogP contribution in [-0.4, -0.2) is 32.1 Å². The standard InChI is InChI=1S/C21H22N2O2/c1-25-20-12-8-17(9-13-20)5-4-16-6-10-18(11-7-16)21(24)23-19-3-2-14-22-15-19/h6-13,19,22H,2-3,14-15H2,1H3,(H,23,24)/t19-/m1/s1. The summed E-state index contributed by atoms with van der Waals surface area (Å²) < 4.78 is 5.13. The molecule has 1 saturated heterocycles. The Hall–Kier alpha value is -2.77. The second-order valence-electron chi connectivity index (χ2n) is 6.07. The van der Waals surface area contributed by atoms with Crippen LogP contribution < -0.4 is 15.4 Å². The van der Waals surface area contributed by atoms with Crippen molar-refractivity contribution in [2.45, 2.75) is 18.9 Å². The first-order chi connectivity index (χ1) is 12.2. The summed E-state index contributed by atoms with van der Waals surface area (Å²) in [6.45, 7) is 1.88. The number of carbonyl (C=O) groups is 1. The molecule has 0 saturated carbocycles. The summed E-state index contributed by atoms with van der Waals surface area (Å²) >= 11 is 0. The second kappa shape index (κ2) is 8.36. The molecule has 1 aliphatic rings. The van der Waals surface area contributed by atoms with Gasteiger partial charge in [-0.05, 0) is 67.9 Å². The minimum atomic E-state index is -0.0247. The van der Waals surface area contributed by atoms with Gasteiger partial charge in [0.2, 0.25) is 0 Å². The molecule has 0 unspecified atom stereocenters. The molecule has 1 atom stereocenters. The highest BCUT2D eigenvalue weighted by Crippen LogP contribution is 2.11. The first-order valence-corrected chi connectivity index (χ1v) is 8.52. The van der Waals surface area contributed by atoms with Crippen LogP contribution in [0, 0.1) is 11.8 Å². The molecule has 1 aliphatic heterocycles. The Morgan fingerprint density at radius 2 is 1.72 bits per heavy atom. The molecular weight excluding hydrogens is 312 g/mol. The van der Waals surface area contributed by atoms with Crippen LogP contribution in [0.15, 0.2) is 48.5 Å². The van der Waals surface area contributed by atoms with Crippen LogP contribution in [0.1, 0.15) is 34.3 Å². The Labute approximate surface area is 148 Å². The molecule has 1 fully saturated rings. The van der Waals surface area contributed by atoms with Gasteiger partial charge in [0.25, 0.3) is 5.91 Å². The van der Waals surface area contributed by atoms with Crippen molar-refractivity contribution in [1.29, 1.82) is 0 Å². The Morgan fingerprint density at radius 3 is 2.28 bits per heavy atom. The first kappa shape index (κ1) is 17.1. The molecule has 3 rings (SSSR count). The van der Waals surface area contributed by atoms with Crippen LogP contribution in [0.2, 0.25) is 0 Å². The van der Waals surface area contributed by atoms with Gasteiger partial charge >= 0.3 is 0 Å². The van der Waals surface area contributed by atoms with Crippen LogP contribution in [0.5, 0.6) is 5.75 Å². The molecule has 0 bridgehead atoms. The predicted molar refractivity (Wildman–Crippen MR) is 98.8 cm³/mol. The van der Waals surface area contributed by atoms with E-state index in [-0.39, 0.29) is 11.9 Å². The van der Waals surface area contributed by atoms with Crippen LogP contribution in [0.3, 0.4) is 0 Å². The fourth-order valence-electron chi connectivity index (χ4n) is 2.77. The molecule has 0 aromatic heterocycles. The zero-order chi connectivity index (χ0) is 17.5. The lowest BCUT2D eigenvalue weighted by molar-refractivity contribution is 0.0930. The molecular formula is C21H22N2O2. The maximum atomic E-state index is 12.3. The van der Waals surface area contributed by atoms with Gasteiger partial charge in [0.15, 0.2) is 0 Å². The number of piperidine rings is 1. The lowest BCUT2D eigenvalue weighted by Crippen LogP contribution is -2.45. The Morgan fingerprint density at radius 1 is 1.08 bits per heavy atom. The van der Waals surface area contributed by atoms with Crippen LogP contribution in [-0.2, 0) is 0 Å². The number of ether oxygens (including phenoxy) is 1. The lowest BCUT2D eigenvalue weighted by Gasteiger charge is -2.23. The number of nitrogens with one attached hydrogen (secondary N) is 2. The van der Waals surface area contributed by atoms with Gasteiger partial charge in [0.05, 0.1) is 7.11 Å². The number of methoxy groups -OCH3 is 1. The van der Waals surface area contributed by atoms with Crippen molar-refractivity contribution in [1.82, 2.24) is 10.6 Å². The van der Waals surface area contributed by atoms with Gasteiger partial charge in [-0.25, -0.2) is 0 Å². The molecule has 128 valence electrons. The van der Waals surface area contributed by atoms with Gasteiger partial charge in [-0.3, -0.25) is 4.79 Å². The van der Waals surface area contributed by atoms with E-state index in [1.54, 1.807) is 7.11 Å². The van der Waals surface area contributed by atoms with E-state index in [0.29, 0.717) is 5.56 Å². The largest absolute Gasteiger partial charge is 0.497 e. The SMILES string of the molecule is COc1ccc(C#Cc2ccc(C(=O)N[C@@H]3CCCNC3)cc2)cc1. The number of hydrogen-bond donors (Lipinski definition) is 2. The van der Waals surface area contributed by atoms with E-state index in [0.717, 1.165) is 42.8 Å². The highest BCUT2D eigenvalue weighted by atomic mass is 16.5. The maximum absolute atomic E-state index is 12.3. The summed E-state index contributed by atoms with van der Waals surface area (Å²) in [5.41, 5.74) is 2.47. The highest BCUT2D eigenvalue weighted by Gasteiger charge is 2.15. The second-order valence-corrected chi connectivity index (χ2v) is 6.07. The van der Waals surface area contributed by atoms with Crippen molar-refractivity contribution in [3.05, 3.63) is 65.2 Å². The van der Waals surface area contributed by atoms with Gasteiger partial charge in [-0.1, -0.05) is 11.8 Å². The number of carbonyl (C=O) groups excluding carboxylic acids is 1. The monoisotopic (exact) mass is 334 g/mol. The van der Waals surface area contributed by atoms with Crippen molar-refractivity contribution in [2.75, 3.05) is 20.2 Å². The van der Waals surface area contributed by atoms with E-state index in [2.05, 4.69) is 22.5 Å². The molecule has 0 aliphatic carbocycles. The van der Waals surface area contributed by atoms with E-state index in [1.807, 2.05) is 48.5 Å². The fraction of sp³-hybridized carbons (Fsp3) is 0.286. The van der Waals surface area contributed by atoms with Gasteiger partial charge in [0.1, 0.15) is 5.75 Å². The zero-order valence-electron chi connectivity index (χ0n) is 14.3. The third kappa shape index (κ3) is 4.85. The highest BCUT2D eigenvalue weighted by molar-refractivity contribution is 5.94. The first-order valence-electron chi connectivity index (χ1n) is 8.52. The smallest absolute Gasteiger partial charge is 0.251 e. The third-order valence-electron chi connectivity index (χ3n) is 4.22. The average molecular weight is 334 g/mol. The number of hydrogen-bond acceptors (Lipinski definition) is 3. The van der Waals surface area contributed by atoms with Crippen LogP contribution in [0.4, 0.5) is 0 Å². The number of amides is 1. The van der Waals surface area contributed by atoms with E-state index in [1.165, 1.54) is 0 Å². The van der Waals surface area contributed by atoms with Crippen molar-refractivity contribution in [3.8, 4) is 17.6 Å². The third-order valence-corrected chi connectivity index (χ3v) is 4.22. The van der Waals surface area contributed by atoms with Crippen molar-refractivity contribution < 1.29 is 9.53 Å². The predicted octanol–water partition coefficient (Wildman–Crippen LogP) is 2.58. The minimum absolute atomic E-state index is 0.0247. The lowest BCUT2D eigenvalue weighted by atomic mass is 10.1. The van der Waals surface area contributed by atoms with Crippen molar-refractivity contribution in [3.63, 3.8) is 0 Å². The zero-order valence-corrected chi connectivity index (χ0v) is 14.3. The van der Waals surface area contributed by atoms with Gasteiger partial charge < -0.3 is 15.4 Å². The molecule has 1 amide bonds. The van der Waals surface area contributed by atoms with Crippen molar-refractivity contribution in [2.24, 2.45) is 0 Å². The summed E-state index contributed by atoms with van der Waals surface area (Å²) in [5, 5.41) is 6.37. The topological polar surface area (TPSA) is 50.4 Å². The molecule has 2 aromatic carbocycles. The summed E-state index contributed by atoms with van der Waals surface area (Å²) in [5.74, 6) is 7.01. The van der Waals surface area contributed by atoms with E-state index in [4.69, 9.17) is 4.74 Å². The molecule has 2 N–H and O–H groups in total. The summed E-state index contributed by atoms with van der Waals surface area (Å²) in [6.07, 6.45) is 2.13. The molecule has 1 heterocycles. The van der Waals surface area contributed by atoms with Gasteiger partial charge in [-0.15, -0.1) is 0 Å². The fourth-order valence-corrected chi connectivity index (χ4v) is 2.77. The maximum Gasteiger partial charge on any atom is 0.251 e. The molecule has 25 heavy (non-hydrogen) atoms. The summed E-state index contributed by atoms with van der Waals surface area (Å²) in [6, 6.07) is 15.2. The quantitative estimate of drug-likeness (QED) is 0.848. The van der Waals surface area contributed by atoms with Gasteiger partial charge in [0, 0.05) is 29.3 Å². The average Bonchev–Trinajstić information content (AvgIpc) is 2.68. The van der Waals surface area contributed by atoms with Crippen LogP contribution >= 0.6 is 0 Å². The van der Waals surface area contributed by atoms with Crippen molar-refractivity contribution >= 4 is 5.91 Å². The molecule has 4 nitrogen and oxygen atoms in total.